The number of carboxylic acids is 1. The van der Waals surface area contributed by atoms with Gasteiger partial charge in [0.1, 0.15) is 5.56 Å². The number of hydrogen-bond donors (Lipinski definition) is 3. The number of benzene rings is 1. The molecule has 0 bridgehead atoms. The summed E-state index contributed by atoms with van der Waals surface area (Å²) in [4.78, 5) is 31.7. The van der Waals surface area contributed by atoms with E-state index in [1.165, 1.54) is 19.0 Å². The maximum Gasteiger partial charge on any atom is 0.339 e. The quantitative estimate of drug-likeness (QED) is 0.401. The molecule has 2 unspecified atom stereocenters. The zero-order valence-electron chi connectivity index (χ0n) is 22.9. The van der Waals surface area contributed by atoms with Gasteiger partial charge in [0.2, 0.25) is 0 Å². The maximum absolute atomic E-state index is 13.0. The lowest BCUT2D eigenvalue weighted by Crippen LogP contribution is -2.35. The highest BCUT2D eigenvalue weighted by molar-refractivity contribution is 5.95. The lowest BCUT2D eigenvalue weighted by atomic mass is 10.0. The Morgan fingerprint density at radius 1 is 1.13 bits per heavy atom. The molecule has 2 aromatic heterocycles. The van der Waals surface area contributed by atoms with E-state index in [1.54, 1.807) is 24.0 Å². The van der Waals surface area contributed by atoms with Gasteiger partial charge in [-0.1, -0.05) is 38.5 Å². The summed E-state index contributed by atoms with van der Waals surface area (Å²) in [6.45, 7) is 5.84. The number of piperidine rings is 1. The van der Waals surface area contributed by atoms with E-state index in [4.69, 9.17) is 10.7 Å². The number of hydrogen-bond acceptors (Lipinski definition) is 6. The average molecular weight is 531 g/mol. The van der Waals surface area contributed by atoms with Gasteiger partial charge < -0.3 is 21.1 Å². The fraction of sp³-hybridized carbons (Fsp3) is 0.400. The smallest absolute Gasteiger partial charge is 0.339 e. The molecule has 2 fully saturated rings. The molecule has 0 spiro atoms. The number of carbonyl (C=O) groups is 2. The molecule has 3 heterocycles. The van der Waals surface area contributed by atoms with Gasteiger partial charge in [-0.2, -0.15) is 5.10 Å². The van der Waals surface area contributed by atoms with Gasteiger partial charge in [0, 0.05) is 55.0 Å². The fourth-order valence-corrected chi connectivity index (χ4v) is 4.99. The Morgan fingerprint density at radius 2 is 1.85 bits per heavy atom. The van der Waals surface area contributed by atoms with Crippen LogP contribution in [-0.4, -0.2) is 56.8 Å². The van der Waals surface area contributed by atoms with Gasteiger partial charge in [0.15, 0.2) is 5.82 Å². The number of carboxylic acid groups (broad SMARTS) is 1. The van der Waals surface area contributed by atoms with E-state index in [0.717, 1.165) is 37.9 Å². The van der Waals surface area contributed by atoms with Gasteiger partial charge in [0.05, 0.1) is 17.6 Å². The Bertz CT molecular complexity index is 1340. The predicted octanol–water partition coefficient (Wildman–Crippen LogP) is 4.80. The topological polar surface area (TPSA) is 126 Å². The van der Waals surface area contributed by atoms with Crippen molar-refractivity contribution in [3.05, 3.63) is 77.4 Å². The number of nitrogens with one attached hydrogen (secondary N) is 1. The molecule has 1 aliphatic carbocycles. The first-order chi connectivity index (χ1) is 18.9. The molecule has 3 aromatic rings. The van der Waals surface area contributed by atoms with Crippen LogP contribution in [0.4, 0.5) is 0 Å². The summed E-state index contributed by atoms with van der Waals surface area (Å²) in [5.74, 6) is -0.478. The highest BCUT2D eigenvalue weighted by atomic mass is 16.4. The minimum Gasteiger partial charge on any atom is -0.478 e. The summed E-state index contributed by atoms with van der Waals surface area (Å²) in [5, 5.41) is 17.1. The van der Waals surface area contributed by atoms with Gasteiger partial charge in [0.25, 0.3) is 5.91 Å². The largest absolute Gasteiger partial charge is 0.478 e. The van der Waals surface area contributed by atoms with E-state index >= 15 is 0 Å². The third-order valence-corrected chi connectivity index (χ3v) is 6.92. The van der Waals surface area contributed by atoms with Crippen molar-refractivity contribution in [1.29, 1.82) is 0 Å². The molecule has 2 aliphatic rings. The first kappa shape index (κ1) is 27.9. The molecule has 1 aromatic carbocycles. The van der Waals surface area contributed by atoms with Crippen molar-refractivity contribution < 1.29 is 14.7 Å². The van der Waals surface area contributed by atoms with Crippen molar-refractivity contribution >= 4 is 11.9 Å². The molecule has 206 valence electrons. The van der Waals surface area contributed by atoms with Crippen LogP contribution in [0.25, 0.3) is 17.1 Å². The Morgan fingerprint density at radius 3 is 2.54 bits per heavy atom. The second-order valence-corrected chi connectivity index (χ2v) is 10.1. The third-order valence-electron chi connectivity index (χ3n) is 6.92. The summed E-state index contributed by atoms with van der Waals surface area (Å²) in [5.41, 5.74) is 9.74. The van der Waals surface area contributed by atoms with E-state index < -0.39 is 5.97 Å². The maximum atomic E-state index is 13.0. The molecule has 5 rings (SSSR count). The van der Waals surface area contributed by atoms with Crippen molar-refractivity contribution in [3.63, 3.8) is 0 Å². The number of pyridine rings is 1. The molecule has 39 heavy (non-hydrogen) atoms. The summed E-state index contributed by atoms with van der Waals surface area (Å²) in [6.07, 6.45) is 8.35. The molecular weight excluding hydrogens is 492 g/mol. The molecule has 1 saturated carbocycles. The van der Waals surface area contributed by atoms with Crippen LogP contribution >= 0.6 is 0 Å². The van der Waals surface area contributed by atoms with Crippen LogP contribution in [-0.2, 0) is 0 Å². The summed E-state index contributed by atoms with van der Waals surface area (Å²) in [6, 6.07) is 13.0. The van der Waals surface area contributed by atoms with Crippen molar-refractivity contribution in [2.45, 2.75) is 51.9 Å². The fourth-order valence-electron chi connectivity index (χ4n) is 4.99. The number of allylic oxidation sites excluding steroid dienone is 1. The van der Waals surface area contributed by atoms with Crippen LogP contribution < -0.4 is 11.1 Å². The summed E-state index contributed by atoms with van der Waals surface area (Å²) >= 11 is 0. The average Bonchev–Trinajstić information content (AvgIpc) is 3.63. The lowest BCUT2D eigenvalue weighted by Gasteiger charge is -2.26. The van der Waals surface area contributed by atoms with Crippen molar-refractivity contribution in [2.24, 2.45) is 11.7 Å². The van der Waals surface area contributed by atoms with Gasteiger partial charge in [-0.05, 0) is 49.9 Å². The second-order valence-electron chi connectivity index (χ2n) is 10.1. The molecule has 1 saturated heterocycles. The second kappa shape index (κ2) is 12.6. The summed E-state index contributed by atoms with van der Waals surface area (Å²) < 4.78 is 1.60. The van der Waals surface area contributed by atoms with E-state index in [2.05, 4.69) is 24.3 Å². The van der Waals surface area contributed by atoms with Gasteiger partial charge >= 0.3 is 5.97 Å². The molecule has 9 heteroatoms. The Kier molecular flexibility index (Phi) is 9.01. The molecule has 4 N–H and O–H groups in total. The zero-order chi connectivity index (χ0) is 27.9. The van der Waals surface area contributed by atoms with Crippen LogP contribution in [0.15, 0.2) is 60.6 Å². The molecule has 0 radical (unpaired) electrons. The first-order valence-electron chi connectivity index (χ1n) is 13.7. The SMILES string of the molecule is CCC.CN/C=C(\N)C1CC1c1c(C(=O)O)cnn1-c1cccc(-c2cccc(C(=O)N3CCCCC3)c2)n1. The number of rotatable bonds is 7. The molecule has 1 amide bonds. The predicted molar refractivity (Wildman–Crippen MR) is 152 cm³/mol. The Labute approximate surface area is 229 Å². The highest BCUT2D eigenvalue weighted by Gasteiger charge is 2.45. The van der Waals surface area contributed by atoms with E-state index in [9.17, 15) is 14.7 Å². The van der Waals surface area contributed by atoms with E-state index in [0.29, 0.717) is 28.5 Å². The normalized spacial score (nSPS) is 18.6. The van der Waals surface area contributed by atoms with Crippen molar-refractivity contribution in [2.75, 3.05) is 20.1 Å². The standard InChI is InChI=1S/C27H30N6O3.C3H8/c1-29-16-22(28)19-14-20(19)25-21(27(35)36)15-30-33(25)24-10-6-9-23(31-24)17-7-5-8-18(13-17)26(34)32-11-3-2-4-12-32;1-3-2/h5-10,13,15-16,19-20,29H,2-4,11-12,14,28H2,1H3,(H,35,36);3H2,1-2H3/b22-16-;. The highest BCUT2D eigenvalue weighted by Crippen LogP contribution is 2.51. The van der Waals surface area contributed by atoms with Gasteiger partial charge in [-0.25, -0.2) is 14.5 Å². The van der Waals surface area contributed by atoms with Crippen LogP contribution in [0.5, 0.6) is 0 Å². The molecule has 1 aliphatic heterocycles. The lowest BCUT2D eigenvalue weighted by molar-refractivity contribution is 0.0693. The third kappa shape index (κ3) is 6.30. The number of aromatic carboxylic acids is 1. The van der Waals surface area contributed by atoms with Gasteiger partial charge in [-0.3, -0.25) is 4.79 Å². The van der Waals surface area contributed by atoms with E-state index in [1.807, 2.05) is 41.3 Å². The van der Waals surface area contributed by atoms with Crippen LogP contribution in [0.1, 0.15) is 78.3 Å². The molecular formula is C30H38N6O3. The van der Waals surface area contributed by atoms with E-state index in [-0.39, 0.29) is 23.3 Å². The number of likely N-dealkylation sites (tertiary alicyclic amines) is 1. The zero-order valence-corrected chi connectivity index (χ0v) is 22.9. The van der Waals surface area contributed by atoms with Crippen molar-refractivity contribution in [1.82, 2.24) is 25.0 Å². The van der Waals surface area contributed by atoms with Crippen LogP contribution in [0, 0.1) is 5.92 Å². The monoisotopic (exact) mass is 530 g/mol. The molecule has 2 atom stereocenters. The number of carbonyl (C=O) groups excluding carboxylic acids is 1. The minimum atomic E-state index is -1.03. The first-order valence-corrected chi connectivity index (χ1v) is 13.7. The Hall–Kier alpha value is -4.14. The van der Waals surface area contributed by atoms with Crippen LogP contribution in [0.2, 0.25) is 0 Å². The van der Waals surface area contributed by atoms with Crippen molar-refractivity contribution in [3.8, 4) is 17.1 Å². The number of aromatic nitrogens is 3. The Balaban J connectivity index is 0.00000112. The minimum absolute atomic E-state index is 0.0418. The van der Waals surface area contributed by atoms with Gasteiger partial charge in [-0.15, -0.1) is 0 Å². The number of amides is 1. The van der Waals surface area contributed by atoms with Crippen LogP contribution in [0.3, 0.4) is 0 Å². The summed E-state index contributed by atoms with van der Waals surface area (Å²) in [7, 11) is 1.78. The molecule has 9 nitrogen and oxygen atoms in total. The number of nitrogens with two attached hydrogens (primary N) is 1. The number of nitrogens with zero attached hydrogens (tertiary/aromatic N) is 4.